The molecule has 0 saturated heterocycles. The number of nitrogens with zero attached hydrogens (tertiary/aromatic N) is 3. The number of aromatic nitrogens is 1. The molecular weight excluding hydrogens is 823 g/mol. The lowest BCUT2D eigenvalue weighted by atomic mass is 9.55. The smallest absolute Gasteiger partial charge is 0.245 e. The maximum Gasteiger partial charge on any atom is 0.245 e. The highest BCUT2D eigenvalue weighted by molar-refractivity contribution is 7.89. The molecule has 4 aromatic rings. The Labute approximate surface area is 370 Å². The summed E-state index contributed by atoms with van der Waals surface area (Å²) < 4.78 is 57.8. The third-order valence-corrected chi connectivity index (χ3v) is 14.2. The fourth-order valence-corrected chi connectivity index (χ4v) is 11.1. The molecule has 2 aliphatic carbocycles. The van der Waals surface area contributed by atoms with Crippen molar-refractivity contribution >= 4 is 32.9 Å². The summed E-state index contributed by atoms with van der Waals surface area (Å²) in [5.74, 6) is -0.770. The minimum absolute atomic E-state index is 0.00420. The monoisotopic (exact) mass is 881 g/mol. The molecule has 14 heteroatoms. The Morgan fingerprint density at radius 3 is 2.44 bits per heavy atom. The number of aldehydes is 1. The molecule has 1 saturated carbocycles. The van der Waals surface area contributed by atoms with Crippen LogP contribution in [-0.2, 0) is 19.6 Å². The highest BCUT2D eigenvalue weighted by Crippen LogP contribution is 2.62. The lowest BCUT2D eigenvalue weighted by molar-refractivity contribution is -0.250. The van der Waals surface area contributed by atoms with Gasteiger partial charge in [-0.05, 0) is 112 Å². The number of pyridine rings is 1. The van der Waals surface area contributed by atoms with Crippen LogP contribution in [-0.4, -0.2) is 91.3 Å². The van der Waals surface area contributed by atoms with Crippen LogP contribution in [0.15, 0.2) is 107 Å². The molecule has 3 aromatic carbocycles. The molecular formula is C49H59N3O10S. The van der Waals surface area contributed by atoms with Crippen LogP contribution in [0.2, 0.25) is 0 Å². The molecule has 6 unspecified atom stereocenters. The maximum absolute atomic E-state index is 15.2. The molecule has 13 nitrogen and oxygen atoms in total. The molecule has 0 radical (unpaired) electrons. The minimum atomic E-state index is -4.29. The maximum atomic E-state index is 15.2. The number of hydrogen-bond acceptors (Lipinski definition) is 12. The number of aliphatic hydroxyl groups is 2. The largest absolute Gasteiger partial charge is 0.496 e. The average molecular weight is 882 g/mol. The van der Waals surface area contributed by atoms with Crippen LogP contribution >= 0.6 is 0 Å². The van der Waals surface area contributed by atoms with Gasteiger partial charge in [0.1, 0.15) is 33.5 Å². The van der Waals surface area contributed by atoms with Crippen molar-refractivity contribution < 1.29 is 47.2 Å². The number of benzene rings is 3. The first kappa shape index (κ1) is 45.9. The number of rotatable bonds is 19. The second kappa shape index (κ2) is 19.3. The Hall–Kier alpha value is -5.12. The summed E-state index contributed by atoms with van der Waals surface area (Å²) in [5.41, 5.74) is 2.29. The summed E-state index contributed by atoms with van der Waals surface area (Å²) >= 11 is 0. The third kappa shape index (κ3) is 9.28. The molecule has 2 heterocycles. The first-order valence-corrected chi connectivity index (χ1v) is 23.1. The molecule has 0 bridgehead atoms. The van der Waals surface area contributed by atoms with E-state index in [1.807, 2.05) is 45.0 Å². The first-order valence-electron chi connectivity index (χ1n) is 21.7. The van der Waals surface area contributed by atoms with E-state index >= 15 is 8.42 Å². The van der Waals surface area contributed by atoms with Gasteiger partial charge in [-0.2, -0.15) is 4.31 Å². The number of methoxy groups -OCH3 is 1. The molecule has 0 spiro atoms. The van der Waals surface area contributed by atoms with Crippen LogP contribution in [0.25, 0.3) is 10.9 Å². The van der Waals surface area contributed by atoms with E-state index in [0.29, 0.717) is 58.0 Å². The zero-order valence-electron chi connectivity index (χ0n) is 36.7. The summed E-state index contributed by atoms with van der Waals surface area (Å²) in [6.07, 6.45) is 10.5. The number of unbranched alkanes of at least 4 members (excludes halogenated alkanes) is 2. The predicted molar refractivity (Wildman–Crippen MR) is 241 cm³/mol. The molecule has 336 valence electrons. The SMILES string of the molecule is C=CCOC12Oc3ccc(Oc4ccc(OC)c(C=O)c4)cc3C3C(CCCCO)C(CCCCO)C=C(C(=NOC(C)(C)C)CC1N(C)S(=O)(=O)c1cccc4cccnc14)C32. The Kier molecular flexibility index (Phi) is 14.1. The van der Waals surface area contributed by atoms with E-state index in [-0.39, 0.29) is 48.9 Å². The predicted octanol–water partition coefficient (Wildman–Crippen LogP) is 8.60. The van der Waals surface area contributed by atoms with Crippen molar-refractivity contribution in [3.05, 3.63) is 108 Å². The van der Waals surface area contributed by atoms with E-state index in [4.69, 9.17) is 28.9 Å². The molecule has 1 fully saturated rings. The lowest BCUT2D eigenvalue weighted by Gasteiger charge is -2.59. The molecule has 0 amide bonds. The van der Waals surface area contributed by atoms with Gasteiger partial charge in [0.25, 0.3) is 0 Å². The second-order valence-corrected chi connectivity index (χ2v) is 19.4. The standard InChI is InChI=1S/C49H59N3O10S/c1-7-26-59-49-44(52(5)63(56,57)43-18-12-15-32-16-13-23-50-47(32)43)30-40(51-62-48(2,3)4)38-28-33(14-8-10-24-53)37(17-9-11-25-54)45(46(38)49)39-29-36(20-22-42(39)61-49)60-35-19-21-41(58-6)34(27-35)31-55/h7,12-13,15-16,18-23,27-29,31,33,37,44-46,53-54H,1,8-11,14,17,24-26,30H2,2-6H3. The van der Waals surface area contributed by atoms with Crippen molar-refractivity contribution in [3.63, 3.8) is 0 Å². The van der Waals surface area contributed by atoms with E-state index < -0.39 is 33.4 Å². The number of hydrogen-bond donors (Lipinski definition) is 2. The summed E-state index contributed by atoms with van der Waals surface area (Å²) in [4.78, 5) is 22.7. The first-order chi connectivity index (χ1) is 30.3. The topological polar surface area (TPSA) is 166 Å². The number of likely N-dealkylation sites (N-methyl/N-ethyl adjacent to an activating group) is 1. The molecule has 1 aromatic heterocycles. The van der Waals surface area contributed by atoms with Crippen molar-refractivity contribution in [2.45, 2.75) is 94.0 Å². The number of oxime groups is 1. The van der Waals surface area contributed by atoms with Gasteiger partial charge in [-0.3, -0.25) is 9.78 Å². The van der Waals surface area contributed by atoms with Gasteiger partial charge in [0.2, 0.25) is 15.8 Å². The summed E-state index contributed by atoms with van der Waals surface area (Å²) in [7, 11) is -1.23. The molecule has 2 N–H and O–H groups in total. The summed E-state index contributed by atoms with van der Waals surface area (Å²) in [6.45, 7) is 9.88. The Bertz CT molecular complexity index is 2460. The van der Waals surface area contributed by atoms with E-state index in [1.165, 1.54) is 11.4 Å². The van der Waals surface area contributed by atoms with Gasteiger partial charge in [0.15, 0.2) is 6.29 Å². The van der Waals surface area contributed by atoms with Crippen molar-refractivity contribution in [2.24, 2.45) is 22.9 Å². The number of para-hydroxylation sites is 1. The summed E-state index contributed by atoms with van der Waals surface area (Å²) in [6, 6.07) is 18.4. The van der Waals surface area contributed by atoms with Crippen LogP contribution in [0, 0.1) is 17.8 Å². The van der Waals surface area contributed by atoms with Gasteiger partial charge < -0.3 is 34.0 Å². The van der Waals surface area contributed by atoms with Crippen LogP contribution in [0.4, 0.5) is 0 Å². The molecule has 1 aliphatic heterocycles. The Morgan fingerprint density at radius 2 is 1.73 bits per heavy atom. The molecule has 3 aliphatic rings. The fraction of sp³-hybridized carbons (Fsp3) is 0.449. The minimum Gasteiger partial charge on any atom is -0.496 e. The van der Waals surface area contributed by atoms with E-state index in [9.17, 15) is 15.0 Å². The summed E-state index contributed by atoms with van der Waals surface area (Å²) in [5, 5.41) is 25.4. The molecule has 6 atom stereocenters. The van der Waals surface area contributed by atoms with Gasteiger partial charge in [-0.25, -0.2) is 8.42 Å². The van der Waals surface area contributed by atoms with E-state index in [1.54, 1.807) is 61.8 Å². The van der Waals surface area contributed by atoms with Crippen LogP contribution in [0.3, 0.4) is 0 Å². The lowest BCUT2D eigenvalue weighted by Crippen LogP contribution is -2.69. The zero-order valence-corrected chi connectivity index (χ0v) is 37.6. The van der Waals surface area contributed by atoms with Crippen LogP contribution in [0.1, 0.15) is 87.6 Å². The van der Waals surface area contributed by atoms with Crippen molar-refractivity contribution in [3.8, 4) is 23.0 Å². The van der Waals surface area contributed by atoms with Gasteiger partial charge >= 0.3 is 0 Å². The number of carbonyl (C=O) groups is 1. The van der Waals surface area contributed by atoms with Gasteiger partial charge in [0.05, 0.1) is 42.5 Å². The average Bonchev–Trinajstić information content (AvgIpc) is 3.28. The third-order valence-electron chi connectivity index (χ3n) is 12.3. The highest BCUT2D eigenvalue weighted by Gasteiger charge is 2.66. The number of ether oxygens (including phenoxy) is 4. The number of carbonyl (C=O) groups excluding carboxylic acids is 1. The van der Waals surface area contributed by atoms with Gasteiger partial charge in [-0.15, -0.1) is 6.58 Å². The Morgan fingerprint density at radius 1 is 1.00 bits per heavy atom. The normalized spacial score (nSPS) is 23.7. The van der Waals surface area contributed by atoms with Gasteiger partial charge in [0, 0.05) is 49.7 Å². The number of sulfonamides is 1. The number of fused-ring (bicyclic) bond motifs is 3. The fourth-order valence-electron chi connectivity index (χ4n) is 9.57. The molecule has 7 rings (SSSR count). The highest BCUT2D eigenvalue weighted by atomic mass is 32.2. The quantitative estimate of drug-likeness (QED) is 0.0401. The van der Waals surface area contributed by atoms with Crippen molar-refractivity contribution in [1.29, 1.82) is 0 Å². The Balaban J connectivity index is 1.47. The van der Waals surface area contributed by atoms with Crippen LogP contribution in [0.5, 0.6) is 23.0 Å². The number of allylic oxidation sites excluding steroid dienone is 1. The van der Waals surface area contributed by atoms with Gasteiger partial charge in [-0.1, -0.05) is 48.3 Å². The van der Waals surface area contributed by atoms with E-state index in [0.717, 1.165) is 43.1 Å². The molecule has 63 heavy (non-hydrogen) atoms. The van der Waals surface area contributed by atoms with Crippen LogP contribution < -0.4 is 14.2 Å². The van der Waals surface area contributed by atoms with Crippen molar-refractivity contribution in [1.82, 2.24) is 9.29 Å². The zero-order chi connectivity index (χ0) is 44.9. The second-order valence-electron chi connectivity index (χ2n) is 17.5. The van der Waals surface area contributed by atoms with E-state index in [2.05, 4.69) is 17.6 Å². The van der Waals surface area contributed by atoms with Crippen molar-refractivity contribution in [2.75, 3.05) is 34.0 Å². The number of aliphatic hydroxyl groups excluding tert-OH is 2.